The zero-order valence-corrected chi connectivity index (χ0v) is 8.59. The Morgan fingerprint density at radius 2 is 2.21 bits per heavy atom. The van der Waals surface area contributed by atoms with Crippen molar-refractivity contribution in [2.24, 2.45) is 0 Å². The molecule has 0 saturated heterocycles. The third kappa shape index (κ3) is 4.33. The Bertz CT molecular complexity index is 263. The molecule has 1 N–H and O–H groups in total. The lowest BCUT2D eigenvalue weighted by Gasteiger charge is -2.02. The number of nitrogens with zero attached hydrogens (tertiary/aromatic N) is 1. The van der Waals surface area contributed by atoms with Crippen LogP contribution in [-0.4, -0.2) is 18.1 Å². The molecule has 0 bridgehead atoms. The van der Waals surface area contributed by atoms with E-state index < -0.39 is 0 Å². The van der Waals surface area contributed by atoms with Gasteiger partial charge in [-0.25, -0.2) is 4.39 Å². The van der Waals surface area contributed by atoms with Crippen LogP contribution in [0.25, 0.3) is 0 Å². The molecule has 14 heavy (non-hydrogen) atoms. The third-order valence-corrected chi connectivity index (χ3v) is 2.01. The summed E-state index contributed by atoms with van der Waals surface area (Å²) in [6, 6.07) is 1.55. The van der Waals surface area contributed by atoms with E-state index in [0.29, 0.717) is 0 Å². The lowest BCUT2D eigenvalue weighted by Crippen LogP contribution is -2.16. The van der Waals surface area contributed by atoms with E-state index in [4.69, 9.17) is 0 Å². The lowest BCUT2D eigenvalue weighted by molar-refractivity contribution is 0.612. The van der Waals surface area contributed by atoms with E-state index >= 15 is 0 Å². The number of hydrogen-bond acceptors (Lipinski definition) is 2. The van der Waals surface area contributed by atoms with Gasteiger partial charge in [-0.1, -0.05) is 6.92 Å². The summed E-state index contributed by atoms with van der Waals surface area (Å²) in [4.78, 5) is 3.80. The topological polar surface area (TPSA) is 24.9 Å². The molecule has 0 saturated carbocycles. The first-order chi connectivity index (χ1) is 6.83. The molecule has 1 heterocycles. The van der Waals surface area contributed by atoms with E-state index in [-0.39, 0.29) is 5.82 Å². The van der Waals surface area contributed by atoms with Crippen molar-refractivity contribution in [3.63, 3.8) is 0 Å². The molecule has 0 aliphatic heterocycles. The second-order valence-electron chi connectivity index (χ2n) is 3.36. The zero-order chi connectivity index (χ0) is 10.2. The van der Waals surface area contributed by atoms with Crippen LogP contribution in [0.2, 0.25) is 0 Å². The lowest BCUT2D eigenvalue weighted by atomic mass is 10.1. The molecule has 1 aromatic rings. The molecule has 0 aliphatic carbocycles. The van der Waals surface area contributed by atoms with E-state index in [1.807, 2.05) is 0 Å². The van der Waals surface area contributed by atoms with Gasteiger partial charge in [0.2, 0.25) is 0 Å². The molecule has 0 radical (unpaired) electrons. The molecule has 0 unspecified atom stereocenters. The minimum Gasteiger partial charge on any atom is -0.317 e. The van der Waals surface area contributed by atoms with Gasteiger partial charge in [-0.3, -0.25) is 4.98 Å². The van der Waals surface area contributed by atoms with Gasteiger partial charge in [0, 0.05) is 6.20 Å². The van der Waals surface area contributed by atoms with E-state index in [0.717, 1.165) is 37.9 Å². The Morgan fingerprint density at radius 3 is 2.93 bits per heavy atom. The quantitative estimate of drug-likeness (QED) is 0.705. The van der Waals surface area contributed by atoms with Crippen molar-refractivity contribution >= 4 is 0 Å². The highest BCUT2D eigenvalue weighted by Crippen LogP contribution is 2.03. The van der Waals surface area contributed by atoms with E-state index in [2.05, 4.69) is 17.2 Å². The fourth-order valence-corrected chi connectivity index (χ4v) is 1.31. The first kappa shape index (κ1) is 11.1. The second-order valence-corrected chi connectivity index (χ2v) is 3.36. The van der Waals surface area contributed by atoms with Crippen LogP contribution >= 0.6 is 0 Å². The van der Waals surface area contributed by atoms with Crippen LogP contribution in [0.5, 0.6) is 0 Å². The monoisotopic (exact) mass is 196 g/mol. The molecule has 0 atom stereocenters. The summed E-state index contributed by atoms with van der Waals surface area (Å²) in [6.07, 6.45) is 6.04. The Morgan fingerprint density at radius 1 is 1.36 bits per heavy atom. The Hall–Kier alpha value is -0.960. The predicted octanol–water partition coefficient (Wildman–Crippen LogP) is 2.15. The number of hydrogen-bond donors (Lipinski definition) is 1. The van der Waals surface area contributed by atoms with Crippen LogP contribution in [0, 0.1) is 5.82 Å². The van der Waals surface area contributed by atoms with Crippen LogP contribution in [0.4, 0.5) is 4.39 Å². The Balaban J connectivity index is 2.18. The molecule has 0 aliphatic rings. The van der Waals surface area contributed by atoms with E-state index in [1.165, 1.54) is 6.20 Å². The van der Waals surface area contributed by atoms with Crippen molar-refractivity contribution in [2.45, 2.75) is 26.2 Å². The summed E-state index contributed by atoms with van der Waals surface area (Å²) in [7, 11) is 0. The summed E-state index contributed by atoms with van der Waals surface area (Å²) in [6.45, 7) is 4.19. The molecule has 1 rings (SSSR count). The van der Waals surface area contributed by atoms with Crippen LogP contribution < -0.4 is 5.32 Å². The van der Waals surface area contributed by atoms with Crippen LogP contribution in [-0.2, 0) is 6.42 Å². The number of aryl methyl sites for hydroxylation is 1. The normalized spacial score (nSPS) is 10.4. The van der Waals surface area contributed by atoms with Crippen LogP contribution in [0.15, 0.2) is 18.5 Å². The predicted molar refractivity (Wildman–Crippen MR) is 55.7 cm³/mol. The highest BCUT2D eigenvalue weighted by molar-refractivity contribution is 5.09. The molecule has 0 fully saturated rings. The summed E-state index contributed by atoms with van der Waals surface area (Å²) in [5.41, 5.74) is 0.975. The summed E-state index contributed by atoms with van der Waals surface area (Å²) >= 11 is 0. The first-order valence-electron chi connectivity index (χ1n) is 5.13. The van der Waals surface area contributed by atoms with Crippen molar-refractivity contribution in [1.29, 1.82) is 0 Å². The maximum absolute atomic E-state index is 12.7. The van der Waals surface area contributed by atoms with E-state index in [9.17, 15) is 4.39 Å². The van der Waals surface area contributed by atoms with Gasteiger partial charge in [-0.05, 0) is 44.0 Å². The smallest absolute Gasteiger partial charge is 0.141 e. The third-order valence-electron chi connectivity index (χ3n) is 2.01. The summed E-state index contributed by atoms with van der Waals surface area (Å²) in [5, 5.41) is 3.31. The van der Waals surface area contributed by atoms with Gasteiger partial charge in [0.15, 0.2) is 0 Å². The average Bonchev–Trinajstić information content (AvgIpc) is 2.18. The molecule has 0 spiro atoms. The van der Waals surface area contributed by atoms with Gasteiger partial charge >= 0.3 is 0 Å². The maximum atomic E-state index is 12.7. The summed E-state index contributed by atoms with van der Waals surface area (Å²) < 4.78 is 12.7. The van der Waals surface area contributed by atoms with Gasteiger partial charge in [0.05, 0.1) is 6.20 Å². The van der Waals surface area contributed by atoms with Gasteiger partial charge in [0.25, 0.3) is 0 Å². The molecule has 0 amide bonds. The van der Waals surface area contributed by atoms with Crippen molar-refractivity contribution in [3.05, 3.63) is 29.8 Å². The standard InChI is InChI=1S/C11H17FN2/c1-2-5-13-6-3-4-10-7-11(12)9-14-8-10/h7-9,13H,2-6H2,1H3. The van der Waals surface area contributed by atoms with Gasteiger partial charge in [-0.2, -0.15) is 0 Å². The maximum Gasteiger partial charge on any atom is 0.141 e. The van der Waals surface area contributed by atoms with Gasteiger partial charge in [0.1, 0.15) is 5.82 Å². The molecule has 3 heteroatoms. The molecule has 1 aromatic heterocycles. The summed E-state index contributed by atoms with van der Waals surface area (Å²) in [5.74, 6) is -0.246. The Labute approximate surface area is 84.6 Å². The Kier molecular flexibility index (Phi) is 5.15. The van der Waals surface area contributed by atoms with Gasteiger partial charge < -0.3 is 5.32 Å². The number of pyridine rings is 1. The fraction of sp³-hybridized carbons (Fsp3) is 0.545. The fourth-order valence-electron chi connectivity index (χ4n) is 1.31. The van der Waals surface area contributed by atoms with Crippen molar-refractivity contribution < 1.29 is 4.39 Å². The van der Waals surface area contributed by atoms with Crippen LogP contribution in [0.1, 0.15) is 25.3 Å². The largest absolute Gasteiger partial charge is 0.317 e. The van der Waals surface area contributed by atoms with Crippen molar-refractivity contribution in [1.82, 2.24) is 10.3 Å². The van der Waals surface area contributed by atoms with E-state index in [1.54, 1.807) is 12.3 Å². The highest BCUT2D eigenvalue weighted by Gasteiger charge is 1.95. The second kappa shape index (κ2) is 6.49. The molecular formula is C11H17FN2. The minimum atomic E-state index is -0.246. The van der Waals surface area contributed by atoms with Crippen molar-refractivity contribution in [3.8, 4) is 0 Å². The van der Waals surface area contributed by atoms with Crippen LogP contribution in [0.3, 0.4) is 0 Å². The van der Waals surface area contributed by atoms with Gasteiger partial charge in [-0.15, -0.1) is 0 Å². The molecule has 2 nitrogen and oxygen atoms in total. The number of nitrogens with one attached hydrogen (secondary N) is 1. The number of aromatic nitrogens is 1. The number of halogens is 1. The molecular weight excluding hydrogens is 179 g/mol. The van der Waals surface area contributed by atoms with Crippen molar-refractivity contribution in [2.75, 3.05) is 13.1 Å². The SMILES string of the molecule is CCCNCCCc1cncc(F)c1. The molecule has 0 aromatic carbocycles. The first-order valence-corrected chi connectivity index (χ1v) is 5.13. The number of rotatable bonds is 6. The minimum absolute atomic E-state index is 0.246. The zero-order valence-electron chi connectivity index (χ0n) is 8.59. The highest BCUT2D eigenvalue weighted by atomic mass is 19.1. The molecule has 78 valence electrons. The average molecular weight is 196 g/mol.